The summed E-state index contributed by atoms with van der Waals surface area (Å²) >= 11 is 0. The van der Waals surface area contributed by atoms with Crippen LogP contribution >= 0.6 is 0 Å². The van der Waals surface area contributed by atoms with Crippen molar-refractivity contribution in [2.45, 2.75) is 78.1 Å². The molecule has 1 aromatic carbocycles. The summed E-state index contributed by atoms with van der Waals surface area (Å²) in [5, 5.41) is 2.74. The zero-order valence-electron chi connectivity index (χ0n) is 19.0. The molecule has 0 aliphatic carbocycles. The molecule has 1 fully saturated rings. The van der Waals surface area contributed by atoms with E-state index in [9.17, 15) is 4.79 Å². The zero-order chi connectivity index (χ0) is 21.7. The first-order valence-corrected chi connectivity index (χ1v) is 10.4. The number of hydrogen-bond donors (Lipinski definition) is 1. The van der Waals surface area contributed by atoms with Crippen LogP contribution in [0.5, 0.6) is 0 Å². The van der Waals surface area contributed by atoms with Crippen molar-refractivity contribution in [1.29, 1.82) is 0 Å². The van der Waals surface area contributed by atoms with Crippen molar-refractivity contribution in [1.82, 2.24) is 5.32 Å². The number of benzene rings is 1. The topological polar surface area (TPSA) is 66.0 Å². The highest BCUT2D eigenvalue weighted by atomic mass is 16.7. The monoisotopic (exact) mass is 405 g/mol. The first-order chi connectivity index (χ1) is 13.4. The first kappa shape index (κ1) is 23.7. The lowest BCUT2D eigenvalue weighted by atomic mass is 9.75. The summed E-state index contributed by atoms with van der Waals surface area (Å²) in [6, 6.07) is 8.18. The van der Waals surface area contributed by atoms with Crippen molar-refractivity contribution >= 4 is 18.7 Å². The van der Waals surface area contributed by atoms with E-state index in [-0.39, 0.29) is 18.3 Å². The molecule has 1 amide bonds. The number of carbonyl (C=O) groups is 1. The Morgan fingerprint density at radius 1 is 1.07 bits per heavy atom. The molecule has 0 unspecified atom stereocenters. The molecule has 1 heterocycles. The summed E-state index contributed by atoms with van der Waals surface area (Å²) < 4.78 is 23.3. The van der Waals surface area contributed by atoms with Crippen LogP contribution in [0, 0.1) is 0 Å². The third-order valence-electron chi connectivity index (χ3n) is 5.21. The first-order valence-electron chi connectivity index (χ1n) is 10.4. The highest BCUT2D eigenvalue weighted by Gasteiger charge is 2.52. The molecule has 1 saturated heterocycles. The van der Waals surface area contributed by atoms with Gasteiger partial charge in [0.1, 0.15) is 5.60 Å². The lowest BCUT2D eigenvalue weighted by Crippen LogP contribution is -2.41. The Hall–Kier alpha value is -1.57. The Balaban J connectivity index is 1.74. The predicted octanol–water partition coefficient (Wildman–Crippen LogP) is 3.46. The molecule has 0 atom stereocenters. The predicted molar refractivity (Wildman–Crippen MR) is 116 cm³/mol. The minimum absolute atomic E-state index is 0.359. The highest BCUT2D eigenvalue weighted by Crippen LogP contribution is 2.36. The van der Waals surface area contributed by atoms with Gasteiger partial charge in [0.15, 0.2) is 0 Å². The molecule has 0 bridgehead atoms. The summed E-state index contributed by atoms with van der Waals surface area (Å²) in [6.45, 7) is 15.5. The van der Waals surface area contributed by atoms with Crippen LogP contribution in [0.25, 0.3) is 0 Å². The number of carbonyl (C=O) groups excluding carboxylic acids is 1. The van der Waals surface area contributed by atoms with Crippen LogP contribution in [0.2, 0.25) is 0 Å². The normalized spacial score (nSPS) is 18.0. The second-order valence-corrected chi connectivity index (χ2v) is 9.43. The van der Waals surface area contributed by atoms with Gasteiger partial charge in [0.25, 0.3) is 0 Å². The second-order valence-electron chi connectivity index (χ2n) is 9.43. The Morgan fingerprint density at radius 3 is 2.31 bits per heavy atom. The van der Waals surface area contributed by atoms with E-state index >= 15 is 0 Å². The van der Waals surface area contributed by atoms with Crippen molar-refractivity contribution in [3.63, 3.8) is 0 Å². The molecule has 6 nitrogen and oxygen atoms in total. The van der Waals surface area contributed by atoms with Crippen LogP contribution in [-0.2, 0) is 25.2 Å². The van der Waals surface area contributed by atoms with Gasteiger partial charge in [0, 0.05) is 13.2 Å². The Labute approximate surface area is 175 Å². The number of nitrogens with one attached hydrogen (secondary N) is 1. The number of rotatable bonds is 8. The van der Waals surface area contributed by atoms with Gasteiger partial charge in [-0.15, -0.1) is 0 Å². The van der Waals surface area contributed by atoms with Crippen LogP contribution in [0.3, 0.4) is 0 Å². The van der Waals surface area contributed by atoms with Crippen LogP contribution < -0.4 is 10.8 Å². The molecule has 0 aromatic heterocycles. The van der Waals surface area contributed by atoms with E-state index in [4.69, 9.17) is 18.8 Å². The van der Waals surface area contributed by atoms with E-state index in [1.54, 1.807) is 0 Å². The molecule has 29 heavy (non-hydrogen) atoms. The summed E-state index contributed by atoms with van der Waals surface area (Å²) in [5.41, 5.74) is 1.02. The molecule has 1 aliphatic heterocycles. The summed E-state index contributed by atoms with van der Waals surface area (Å²) in [7, 11) is -0.366. The molecule has 1 aliphatic rings. The van der Waals surface area contributed by atoms with Gasteiger partial charge in [-0.1, -0.05) is 24.3 Å². The molecular weight excluding hydrogens is 369 g/mol. The van der Waals surface area contributed by atoms with Gasteiger partial charge in [0.05, 0.1) is 17.8 Å². The summed E-state index contributed by atoms with van der Waals surface area (Å²) in [5.74, 6) is 0. The smallest absolute Gasteiger partial charge is 0.444 e. The lowest BCUT2D eigenvalue weighted by Gasteiger charge is -2.32. The minimum Gasteiger partial charge on any atom is -0.444 e. The van der Waals surface area contributed by atoms with E-state index in [2.05, 4.69) is 45.1 Å². The number of alkyl carbamates (subject to hydrolysis) is 1. The average Bonchev–Trinajstić information content (AvgIpc) is 2.80. The average molecular weight is 405 g/mol. The fourth-order valence-electron chi connectivity index (χ4n) is 2.92. The number of amides is 1. The Bertz CT molecular complexity index is 668. The van der Waals surface area contributed by atoms with Crippen molar-refractivity contribution in [3.8, 4) is 0 Å². The van der Waals surface area contributed by atoms with Gasteiger partial charge in [-0.2, -0.15) is 0 Å². The molecule has 0 radical (unpaired) electrons. The van der Waals surface area contributed by atoms with Crippen LogP contribution in [0.4, 0.5) is 4.79 Å². The molecular formula is C22H36BNO5. The molecule has 1 N–H and O–H groups in total. The van der Waals surface area contributed by atoms with Gasteiger partial charge in [-0.3, -0.25) is 0 Å². The second kappa shape index (κ2) is 9.50. The molecule has 1 aromatic rings. The van der Waals surface area contributed by atoms with Crippen molar-refractivity contribution in [3.05, 3.63) is 29.8 Å². The van der Waals surface area contributed by atoms with Crippen molar-refractivity contribution < 1.29 is 23.6 Å². The standard InChI is InChI=1S/C22H36BNO5/c1-20(2,3)27-19(25)24-14-10-15-26-16-13-17-11-8-9-12-18(17)23-28-21(4,5)22(6,7)29-23/h8-9,11-12H,10,13-16H2,1-7H3,(H,24,25). The van der Waals surface area contributed by atoms with Crippen LogP contribution in [0.1, 0.15) is 60.5 Å². The number of hydrogen-bond acceptors (Lipinski definition) is 5. The van der Waals surface area contributed by atoms with Gasteiger partial charge < -0.3 is 24.1 Å². The number of ether oxygens (including phenoxy) is 2. The van der Waals surface area contributed by atoms with Crippen molar-refractivity contribution in [2.24, 2.45) is 0 Å². The largest absolute Gasteiger partial charge is 0.495 e. The third kappa shape index (κ3) is 7.01. The van der Waals surface area contributed by atoms with Gasteiger partial charge in [-0.05, 0) is 72.3 Å². The SMILES string of the molecule is CC(C)(C)OC(=O)NCCCOCCc1ccccc1B1OC(C)(C)C(C)(C)O1. The molecule has 0 saturated carbocycles. The van der Waals surface area contributed by atoms with Gasteiger partial charge >= 0.3 is 13.2 Å². The Morgan fingerprint density at radius 2 is 1.69 bits per heavy atom. The lowest BCUT2D eigenvalue weighted by molar-refractivity contribution is 0.00578. The maximum absolute atomic E-state index is 11.6. The molecule has 7 heteroatoms. The van der Waals surface area contributed by atoms with Crippen molar-refractivity contribution in [2.75, 3.05) is 19.8 Å². The maximum Gasteiger partial charge on any atom is 0.495 e. The zero-order valence-corrected chi connectivity index (χ0v) is 19.0. The Kier molecular flexibility index (Phi) is 7.77. The summed E-state index contributed by atoms with van der Waals surface area (Å²) in [6.07, 6.45) is 1.12. The fraction of sp³-hybridized carbons (Fsp3) is 0.682. The maximum atomic E-state index is 11.6. The third-order valence-corrected chi connectivity index (χ3v) is 5.21. The fourth-order valence-corrected chi connectivity index (χ4v) is 2.92. The van der Waals surface area contributed by atoms with E-state index in [1.165, 1.54) is 0 Å². The van der Waals surface area contributed by atoms with Gasteiger partial charge in [0.2, 0.25) is 0 Å². The van der Waals surface area contributed by atoms with Crippen LogP contribution in [-0.4, -0.2) is 49.8 Å². The highest BCUT2D eigenvalue weighted by molar-refractivity contribution is 6.62. The van der Waals surface area contributed by atoms with Crippen LogP contribution in [0.15, 0.2) is 24.3 Å². The summed E-state index contributed by atoms with van der Waals surface area (Å²) in [4.78, 5) is 11.6. The van der Waals surface area contributed by atoms with E-state index in [0.29, 0.717) is 19.8 Å². The molecule has 0 spiro atoms. The van der Waals surface area contributed by atoms with E-state index in [1.807, 2.05) is 32.9 Å². The van der Waals surface area contributed by atoms with E-state index < -0.39 is 11.7 Å². The molecule has 2 rings (SSSR count). The quantitative estimate of drug-likeness (QED) is 0.530. The van der Waals surface area contributed by atoms with E-state index in [0.717, 1.165) is 23.9 Å². The minimum atomic E-state index is -0.481. The van der Waals surface area contributed by atoms with Gasteiger partial charge in [-0.25, -0.2) is 4.79 Å². The molecule has 162 valence electrons.